The van der Waals surface area contributed by atoms with Gasteiger partial charge in [-0.25, -0.2) is 0 Å². The molecule has 1 atom stereocenters. The van der Waals surface area contributed by atoms with Crippen molar-refractivity contribution in [3.8, 4) is 5.75 Å². The number of halogens is 1. The minimum absolute atomic E-state index is 0.103. The number of hydrogen-bond acceptors (Lipinski definition) is 2. The van der Waals surface area contributed by atoms with Crippen LogP contribution in [-0.4, -0.2) is 5.11 Å². The van der Waals surface area contributed by atoms with Crippen LogP contribution in [0.3, 0.4) is 0 Å². The molecule has 19 heavy (non-hydrogen) atoms. The maximum Gasteiger partial charge on any atom is 0.134 e. The van der Waals surface area contributed by atoms with Crippen LogP contribution in [0, 0.1) is 13.8 Å². The average Bonchev–Trinajstić information content (AvgIpc) is 2.33. The van der Waals surface area contributed by atoms with E-state index in [0.29, 0.717) is 5.02 Å². The van der Waals surface area contributed by atoms with E-state index in [1.807, 2.05) is 6.07 Å². The largest absolute Gasteiger partial charge is 0.506 e. The van der Waals surface area contributed by atoms with Crippen molar-refractivity contribution in [1.29, 1.82) is 0 Å². The number of aromatic hydroxyl groups is 1. The van der Waals surface area contributed by atoms with Crippen LogP contribution in [0.15, 0.2) is 36.4 Å². The van der Waals surface area contributed by atoms with Crippen molar-refractivity contribution in [3.05, 3.63) is 58.1 Å². The summed E-state index contributed by atoms with van der Waals surface area (Å²) < 4.78 is 0. The molecule has 1 unspecified atom stereocenters. The molecule has 0 amide bonds. The first kappa shape index (κ1) is 13.8. The number of phenolic OH excluding ortho intramolecular Hbond substituents is 1. The molecule has 100 valence electrons. The van der Waals surface area contributed by atoms with Crippen LogP contribution in [-0.2, 0) is 0 Å². The molecule has 2 rings (SSSR count). The maximum absolute atomic E-state index is 9.41. The van der Waals surface area contributed by atoms with Gasteiger partial charge in [0.2, 0.25) is 0 Å². The molecule has 0 fully saturated rings. The van der Waals surface area contributed by atoms with Crippen molar-refractivity contribution in [1.82, 2.24) is 0 Å². The third-order valence-electron chi connectivity index (χ3n) is 3.22. The Kier molecular flexibility index (Phi) is 4.01. The fraction of sp³-hybridized carbons (Fsp3) is 0.250. The molecule has 0 aliphatic carbocycles. The van der Waals surface area contributed by atoms with E-state index in [0.717, 1.165) is 5.69 Å². The van der Waals surface area contributed by atoms with E-state index < -0.39 is 0 Å². The van der Waals surface area contributed by atoms with Crippen LogP contribution in [0.2, 0.25) is 5.02 Å². The maximum atomic E-state index is 9.41. The molecule has 0 saturated carbocycles. The van der Waals surface area contributed by atoms with Crippen LogP contribution < -0.4 is 5.32 Å². The smallest absolute Gasteiger partial charge is 0.134 e. The van der Waals surface area contributed by atoms with Crippen molar-refractivity contribution in [3.63, 3.8) is 0 Å². The van der Waals surface area contributed by atoms with Crippen molar-refractivity contribution in [2.75, 3.05) is 5.32 Å². The molecular formula is C16H18ClNO. The Morgan fingerprint density at radius 1 is 1.11 bits per heavy atom. The number of hydrogen-bond donors (Lipinski definition) is 2. The van der Waals surface area contributed by atoms with E-state index in [1.165, 1.54) is 16.7 Å². The molecule has 0 saturated heterocycles. The second-order valence-electron chi connectivity index (χ2n) is 4.89. The first-order valence-electron chi connectivity index (χ1n) is 6.29. The summed E-state index contributed by atoms with van der Waals surface area (Å²) in [4.78, 5) is 0. The Labute approximate surface area is 119 Å². The monoisotopic (exact) mass is 275 g/mol. The van der Waals surface area contributed by atoms with Gasteiger partial charge in [0, 0.05) is 11.7 Å². The van der Waals surface area contributed by atoms with Gasteiger partial charge in [0.1, 0.15) is 5.75 Å². The van der Waals surface area contributed by atoms with Gasteiger partial charge >= 0.3 is 0 Å². The molecule has 0 aliphatic rings. The lowest BCUT2D eigenvalue weighted by atomic mass is 10.00. The highest BCUT2D eigenvalue weighted by atomic mass is 35.5. The number of aryl methyl sites for hydroxylation is 2. The van der Waals surface area contributed by atoms with Crippen LogP contribution in [0.5, 0.6) is 5.75 Å². The van der Waals surface area contributed by atoms with Gasteiger partial charge in [-0.2, -0.15) is 0 Å². The summed E-state index contributed by atoms with van der Waals surface area (Å²) in [6.45, 7) is 6.32. The lowest BCUT2D eigenvalue weighted by molar-refractivity contribution is 0.475. The van der Waals surface area contributed by atoms with Gasteiger partial charge in [0.05, 0.1) is 5.02 Å². The minimum atomic E-state index is 0.103. The molecule has 2 aromatic carbocycles. The van der Waals surface area contributed by atoms with E-state index in [9.17, 15) is 5.11 Å². The van der Waals surface area contributed by atoms with Gasteiger partial charge in [-0.15, -0.1) is 0 Å². The number of benzene rings is 2. The summed E-state index contributed by atoms with van der Waals surface area (Å²) in [6.07, 6.45) is 0. The third-order valence-corrected chi connectivity index (χ3v) is 3.53. The number of rotatable bonds is 3. The average molecular weight is 276 g/mol. The summed E-state index contributed by atoms with van der Waals surface area (Å²) in [5.74, 6) is 0.103. The Morgan fingerprint density at radius 2 is 1.84 bits per heavy atom. The van der Waals surface area contributed by atoms with Gasteiger partial charge < -0.3 is 10.4 Å². The van der Waals surface area contributed by atoms with Crippen molar-refractivity contribution < 1.29 is 5.11 Å². The zero-order valence-corrected chi connectivity index (χ0v) is 12.1. The van der Waals surface area contributed by atoms with Gasteiger partial charge in [0.25, 0.3) is 0 Å². The Balaban J connectivity index is 2.20. The first-order chi connectivity index (χ1) is 8.97. The Hall–Kier alpha value is -1.67. The van der Waals surface area contributed by atoms with Crippen molar-refractivity contribution >= 4 is 17.3 Å². The van der Waals surface area contributed by atoms with Crippen molar-refractivity contribution in [2.24, 2.45) is 0 Å². The molecule has 0 spiro atoms. The first-order valence-corrected chi connectivity index (χ1v) is 6.67. The van der Waals surface area contributed by atoms with E-state index >= 15 is 0 Å². The third kappa shape index (κ3) is 3.21. The second kappa shape index (κ2) is 5.54. The predicted octanol–water partition coefficient (Wildman–Crippen LogP) is 4.84. The molecule has 0 aromatic heterocycles. The highest BCUT2D eigenvalue weighted by Crippen LogP contribution is 2.29. The fourth-order valence-electron chi connectivity index (χ4n) is 2.24. The van der Waals surface area contributed by atoms with E-state index in [-0.39, 0.29) is 11.8 Å². The zero-order valence-electron chi connectivity index (χ0n) is 11.4. The minimum Gasteiger partial charge on any atom is -0.506 e. The number of phenols is 1. The lowest BCUT2D eigenvalue weighted by Gasteiger charge is -2.18. The lowest BCUT2D eigenvalue weighted by Crippen LogP contribution is -2.08. The molecule has 0 bridgehead atoms. The predicted molar refractivity (Wildman–Crippen MR) is 81.1 cm³/mol. The summed E-state index contributed by atoms with van der Waals surface area (Å²) in [6, 6.07) is 11.8. The van der Waals surface area contributed by atoms with Gasteiger partial charge in [-0.05, 0) is 50.1 Å². The molecule has 2 aromatic rings. The fourth-order valence-corrected chi connectivity index (χ4v) is 2.42. The summed E-state index contributed by atoms with van der Waals surface area (Å²) >= 11 is 5.91. The SMILES string of the molecule is Cc1ccc(C(C)Nc2ccc(O)c(Cl)c2)c(C)c1. The standard InChI is InChI=1S/C16H18ClNO/c1-10-4-6-14(11(2)8-10)12(3)18-13-5-7-16(19)15(17)9-13/h4-9,12,18-19H,1-3H3. The Morgan fingerprint density at radius 3 is 2.47 bits per heavy atom. The van der Waals surface area contributed by atoms with Crippen LogP contribution >= 0.6 is 11.6 Å². The van der Waals surface area contributed by atoms with Crippen LogP contribution in [0.25, 0.3) is 0 Å². The molecule has 3 heteroatoms. The number of nitrogens with one attached hydrogen (secondary N) is 1. The molecule has 0 aliphatic heterocycles. The van der Waals surface area contributed by atoms with Crippen LogP contribution in [0.1, 0.15) is 29.7 Å². The zero-order chi connectivity index (χ0) is 14.0. The highest BCUT2D eigenvalue weighted by Gasteiger charge is 2.09. The molecule has 2 N–H and O–H groups in total. The summed E-state index contributed by atoms with van der Waals surface area (Å²) in [5.41, 5.74) is 4.69. The van der Waals surface area contributed by atoms with E-state index in [1.54, 1.807) is 12.1 Å². The summed E-state index contributed by atoms with van der Waals surface area (Å²) in [7, 11) is 0. The summed E-state index contributed by atoms with van der Waals surface area (Å²) in [5, 5.41) is 13.2. The van der Waals surface area contributed by atoms with Gasteiger partial charge in [0.15, 0.2) is 0 Å². The number of anilines is 1. The molecule has 2 nitrogen and oxygen atoms in total. The van der Waals surface area contributed by atoms with Gasteiger partial charge in [-0.3, -0.25) is 0 Å². The molecule has 0 heterocycles. The topological polar surface area (TPSA) is 32.3 Å². The van der Waals surface area contributed by atoms with E-state index in [4.69, 9.17) is 11.6 Å². The van der Waals surface area contributed by atoms with E-state index in [2.05, 4.69) is 44.3 Å². The van der Waals surface area contributed by atoms with Crippen molar-refractivity contribution in [2.45, 2.75) is 26.8 Å². The highest BCUT2D eigenvalue weighted by molar-refractivity contribution is 6.32. The van der Waals surface area contributed by atoms with Crippen LogP contribution in [0.4, 0.5) is 5.69 Å². The second-order valence-corrected chi connectivity index (χ2v) is 5.30. The molecular weight excluding hydrogens is 258 g/mol. The quantitative estimate of drug-likeness (QED) is 0.786. The molecule has 0 radical (unpaired) electrons. The normalized spacial score (nSPS) is 12.2. The van der Waals surface area contributed by atoms with Gasteiger partial charge in [-0.1, -0.05) is 35.4 Å². The Bertz CT molecular complexity index is 595.